The van der Waals surface area contributed by atoms with E-state index in [1.54, 1.807) is 12.1 Å². The Labute approximate surface area is 200 Å². The summed E-state index contributed by atoms with van der Waals surface area (Å²) in [6.07, 6.45) is 3.87. The molecule has 0 bridgehead atoms. The molecule has 0 radical (unpaired) electrons. The van der Waals surface area contributed by atoms with Crippen LogP contribution in [-0.2, 0) is 15.4 Å². The van der Waals surface area contributed by atoms with E-state index in [1.807, 2.05) is 23.1 Å². The van der Waals surface area contributed by atoms with Gasteiger partial charge in [0.25, 0.3) is 5.85 Å². The third-order valence-corrected chi connectivity index (χ3v) is 5.86. The van der Waals surface area contributed by atoms with Crippen LogP contribution < -0.4 is 15.4 Å². The van der Waals surface area contributed by atoms with Gasteiger partial charge in [0.05, 0.1) is 29.9 Å². The summed E-state index contributed by atoms with van der Waals surface area (Å²) in [6, 6.07) is 10.3. The van der Waals surface area contributed by atoms with Crippen LogP contribution in [0.4, 0.5) is 15.8 Å². The SMILES string of the molecule is COC1(Nc2ccc(Br)cc2F)N=CNc2cc(OCCCN3CCCC3=O)ccc21.Cl. The van der Waals surface area contributed by atoms with Crippen LogP contribution in [0.1, 0.15) is 24.8 Å². The number of ether oxygens (including phenoxy) is 2. The van der Waals surface area contributed by atoms with Gasteiger partial charge < -0.3 is 25.0 Å². The highest BCUT2D eigenvalue weighted by molar-refractivity contribution is 9.10. The maximum absolute atomic E-state index is 14.4. The van der Waals surface area contributed by atoms with Crippen LogP contribution in [0.3, 0.4) is 0 Å². The van der Waals surface area contributed by atoms with Crippen molar-refractivity contribution in [3.63, 3.8) is 0 Å². The Kier molecular flexibility index (Phi) is 7.97. The van der Waals surface area contributed by atoms with E-state index in [-0.39, 0.29) is 24.0 Å². The Hall–Kier alpha value is -2.36. The van der Waals surface area contributed by atoms with E-state index in [0.29, 0.717) is 35.4 Å². The van der Waals surface area contributed by atoms with Crippen LogP contribution in [0.5, 0.6) is 5.75 Å². The molecule has 1 atom stereocenters. The highest BCUT2D eigenvalue weighted by atomic mass is 79.9. The zero-order chi connectivity index (χ0) is 21.8. The number of benzene rings is 2. The fourth-order valence-electron chi connectivity index (χ4n) is 3.76. The van der Waals surface area contributed by atoms with Crippen molar-refractivity contribution in [2.24, 2.45) is 4.99 Å². The number of hydrogen-bond acceptors (Lipinski definition) is 6. The highest BCUT2D eigenvalue weighted by Gasteiger charge is 2.37. The average molecular weight is 528 g/mol. The maximum atomic E-state index is 14.4. The van der Waals surface area contributed by atoms with Gasteiger partial charge >= 0.3 is 0 Å². The number of anilines is 2. The van der Waals surface area contributed by atoms with Crippen LogP contribution in [0.25, 0.3) is 0 Å². The van der Waals surface area contributed by atoms with Crippen LogP contribution in [0.2, 0.25) is 0 Å². The molecule has 1 fully saturated rings. The van der Waals surface area contributed by atoms with E-state index < -0.39 is 11.7 Å². The molecule has 2 heterocycles. The molecular weight excluding hydrogens is 503 g/mol. The lowest BCUT2D eigenvalue weighted by Crippen LogP contribution is -2.39. The summed E-state index contributed by atoms with van der Waals surface area (Å²) < 4.78 is 26.6. The number of carbonyl (C=O) groups excluding carboxylic acids is 1. The Morgan fingerprint density at radius 2 is 2.16 bits per heavy atom. The number of aliphatic imine (C=N–C) groups is 1. The molecule has 10 heteroatoms. The van der Waals surface area contributed by atoms with Crippen LogP contribution in [0, 0.1) is 5.82 Å². The van der Waals surface area contributed by atoms with Gasteiger partial charge in [-0.1, -0.05) is 15.9 Å². The molecule has 172 valence electrons. The quantitative estimate of drug-likeness (QED) is 0.384. The first-order chi connectivity index (χ1) is 15.0. The number of nitrogens with zero attached hydrogens (tertiary/aromatic N) is 2. The summed E-state index contributed by atoms with van der Waals surface area (Å²) in [5, 5.41) is 6.17. The molecule has 1 saturated heterocycles. The van der Waals surface area contributed by atoms with E-state index >= 15 is 0 Å². The molecule has 0 saturated carbocycles. The third-order valence-electron chi connectivity index (χ3n) is 5.37. The lowest BCUT2D eigenvalue weighted by atomic mass is 10.1. The second kappa shape index (κ2) is 10.5. The minimum Gasteiger partial charge on any atom is -0.493 e. The van der Waals surface area contributed by atoms with Gasteiger partial charge in [0, 0.05) is 37.2 Å². The number of halogens is 3. The average Bonchev–Trinajstić information content (AvgIpc) is 3.18. The van der Waals surface area contributed by atoms with Gasteiger partial charge in [0.2, 0.25) is 5.91 Å². The second-order valence-electron chi connectivity index (χ2n) is 7.39. The van der Waals surface area contributed by atoms with Gasteiger partial charge in [-0.2, -0.15) is 0 Å². The largest absolute Gasteiger partial charge is 0.493 e. The predicted molar refractivity (Wildman–Crippen MR) is 128 cm³/mol. The lowest BCUT2D eigenvalue weighted by Gasteiger charge is -2.34. The highest BCUT2D eigenvalue weighted by Crippen LogP contribution is 2.38. The summed E-state index contributed by atoms with van der Waals surface area (Å²) in [6.45, 7) is 2.06. The number of rotatable bonds is 8. The predicted octanol–water partition coefficient (Wildman–Crippen LogP) is 4.72. The van der Waals surface area contributed by atoms with Crippen molar-refractivity contribution in [2.75, 3.05) is 37.4 Å². The molecule has 2 aromatic rings. The second-order valence-corrected chi connectivity index (χ2v) is 8.31. The van der Waals surface area contributed by atoms with Gasteiger partial charge in [-0.3, -0.25) is 4.79 Å². The maximum Gasteiger partial charge on any atom is 0.267 e. The van der Waals surface area contributed by atoms with Gasteiger partial charge in [-0.15, -0.1) is 12.4 Å². The molecule has 32 heavy (non-hydrogen) atoms. The van der Waals surface area contributed by atoms with E-state index in [4.69, 9.17) is 9.47 Å². The normalized spacial score (nSPS) is 19.2. The first kappa shape index (κ1) is 24.3. The smallest absolute Gasteiger partial charge is 0.267 e. The van der Waals surface area contributed by atoms with Crippen molar-refractivity contribution in [3.05, 3.63) is 52.3 Å². The summed E-state index contributed by atoms with van der Waals surface area (Å²) in [4.78, 5) is 18.0. The molecule has 1 amide bonds. The summed E-state index contributed by atoms with van der Waals surface area (Å²) >= 11 is 3.26. The Morgan fingerprint density at radius 3 is 2.88 bits per heavy atom. The number of nitrogens with one attached hydrogen (secondary N) is 2. The van der Waals surface area contributed by atoms with Crippen LogP contribution >= 0.6 is 28.3 Å². The molecule has 0 aliphatic carbocycles. The zero-order valence-corrected chi connectivity index (χ0v) is 20.0. The number of amides is 1. The molecule has 1 unspecified atom stereocenters. The summed E-state index contributed by atoms with van der Waals surface area (Å²) in [7, 11) is 1.51. The molecule has 4 rings (SSSR count). The van der Waals surface area contributed by atoms with Gasteiger partial charge in [0.1, 0.15) is 11.6 Å². The van der Waals surface area contributed by atoms with E-state index in [9.17, 15) is 9.18 Å². The van der Waals surface area contributed by atoms with Crippen molar-refractivity contribution < 1.29 is 18.7 Å². The molecule has 7 nitrogen and oxygen atoms in total. The van der Waals surface area contributed by atoms with E-state index in [0.717, 1.165) is 25.1 Å². The fraction of sp³-hybridized carbons (Fsp3) is 0.364. The standard InChI is InChI=1S/C22H24BrFN4O3.ClH/c1-30-22(27-19-8-5-15(23)12-18(19)24)17-7-6-16(13-20(17)25-14-26-22)31-11-3-10-28-9-2-4-21(28)29;/h5-8,12-14,27H,2-4,9-11H2,1H3,(H,25,26);1H. The number of hydrogen-bond donors (Lipinski definition) is 2. The van der Waals surface area contributed by atoms with Crippen molar-refractivity contribution in [1.29, 1.82) is 0 Å². The Morgan fingerprint density at radius 1 is 1.31 bits per heavy atom. The monoisotopic (exact) mass is 526 g/mol. The van der Waals surface area contributed by atoms with Gasteiger partial charge in [-0.25, -0.2) is 9.38 Å². The van der Waals surface area contributed by atoms with Crippen molar-refractivity contribution in [1.82, 2.24) is 4.90 Å². The number of likely N-dealkylation sites (tertiary alicyclic amines) is 1. The summed E-state index contributed by atoms with van der Waals surface area (Å²) in [5.74, 6) is -0.779. The first-order valence-electron chi connectivity index (χ1n) is 10.1. The first-order valence-corrected chi connectivity index (χ1v) is 10.9. The Bertz CT molecular complexity index is 1010. The minimum absolute atomic E-state index is 0. The molecule has 0 spiro atoms. The minimum atomic E-state index is -1.27. The molecule has 2 N–H and O–H groups in total. The van der Waals surface area contributed by atoms with Gasteiger partial charge in [0.15, 0.2) is 0 Å². The van der Waals surface area contributed by atoms with Gasteiger partial charge in [-0.05, 0) is 43.2 Å². The van der Waals surface area contributed by atoms with Crippen LogP contribution in [-0.4, -0.2) is 44.0 Å². The number of methoxy groups -OCH3 is 1. The molecule has 2 aliphatic rings. The lowest BCUT2D eigenvalue weighted by molar-refractivity contribution is -0.127. The van der Waals surface area contributed by atoms with E-state index in [2.05, 4.69) is 31.6 Å². The van der Waals surface area contributed by atoms with Crippen molar-refractivity contribution >= 4 is 52.0 Å². The molecule has 0 aromatic heterocycles. The van der Waals surface area contributed by atoms with Crippen molar-refractivity contribution in [2.45, 2.75) is 25.1 Å². The zero-order valence-electron chi connectivity index (χ0n) is 17.6. The van der Waals surface area contributed by atoms with Crippen LogP contribution in [0.15, 0.2) is 45.9 Å². The summed E-state index contributed by atoms with van der Waals surface area (Å²) in [5.41, 5.74) is 1.72. The molecule has 2 aromatic carbocycles. The number of fused-ring (bicyclic) bond motifs is 1. The topological polar surface area (TPSA) is 75.2 Å². The molecular formula is C22H25BrClFN4O3. The fourth-order valence-corrected chi connectivity index (χ4v) is 4.10. The number of carbonyl (C=O) groups is 1. The third kappa shape index (κ3) is 5.16. The van der Waals surface area contributed by atoms with Crippen molar-refractivity contribution in [3.8, 4) is 5.75 Å². The van der Waals surface area contributed by atoms with E-state index in [1.165, 1.54) is 19.5 Å². The molecule has 2 aliphatic heterocycles. The Balaban J connectivity index is 0.00000289.